The molecule has 0 N–H and O–H groups in total. The van der Waals surface area contributed by atoms with Gasteiger partial charge in [-0.1, -0.05) is 35.4 Å². The number of halogens is 2. The third-order valence-corrected chi connectivity index (χ3v) is 1.15. The molecule has 64 valence electrons. The molecule has 12 heavy (non-hydrogen) atoms. The number of hydrogen-bond acceptors (Lipinski definition) is 2. The molecule has 0 fully saturated rings. The highest BCUT2D eigenvalue weighted by Gasteiger charge is 1.85. The third kappa shape index (κ3) is 5.89. The standard InChI is InChI=1S/C8H6Cl2O2/c9-8(10)4-2-1-3-7(5-11)6-12/h1-6H/b2-1+. The molecule has 0 unspecified atom stereocenters. The van der Waals surface area contributed by atoms with E-state index in [1.807, 2.05) is 0 Å². The van der Waals surface area contributed by atoms with Crippen molar-refractivity contribution in [2.75, 3.05) is 0 Å². The second kappa shape index (κ2) is 6.83. The van der Waals surface area contributed by atoms with Gasteiger partial charge in [0.25, 0.3) is 0 Å². The van der Waals surface area contributed by atoms with Gasteiger partial charge in [0.05, 0.1) is 5.57 Å². The molecule has 0 rings (SSSR count). The van der Waals surface area contributed by atoms with Crippen LogP contribution in [-0.2, 0) is 9.59 Å². The summed E-state index contributed by atoms with van der Waals surface area (Å²) in [4.78, 5) is 20.1. The van der Waals surface area contributed by atoms with Crippen molar-refractivity contribution in [3.63, 3.8) is 0 Å². The van der Waals surface area contributed by atoms with Gasteiger partial charge in [0.1, 0.15) is 4.49 Å². The van der Waals surface area contributed by atoms with Crippen molar-refractivity contribution in [2.45, 2.75) is 0 Å². The predicted octanol–water partition coefficient (Wildman–Crippen LogP) is 2.19. The van der Waals surface area contributed by atoms with Crippen LogP contribution in [0.25, 0.3) is 0 Å². The van der Waals surface area contributed by atoms with Gasteiger partial charge in [-0.2, -0.15) is 0 Å². The van der Waals surface area contributed by atoms with E-state index in [2.05, 4.69) is 0 Å². The van der Waals surface area contributed by atoms with Crippen molar-refractivity contribution >= 4 is 35.8 Å². The van der Waals surface area contributed by atoms with Crippen molar-refractivity contribution in [2.24, 2.45) is 0 Å². The van der Waals surface area contributed by atoms with Crippen molar-refractivity contribution in [3.8, 4) is 0 Å². The summed E-state index contributed by atoms with van der Waals surface area (Å²) in [6.45, 7) is 0. The lowest BCUT2D eigenvalue weighted by atomic mass is 10.3. The van der Waals surface area contributed by atoms with Crippen LogP contribution in [0.1, 0.15) is 0 Å². The summed E-state index contributed by atoms with van der Waals surface area (Å²) < 4.78 is 0.110. The average molecular weight is 205 g/mol. The Morgan fingerprint density at radius 1 is 0.917 bits per heavy atom. The highest BCUT2D eigenvalue weighted by atomic mass is 35.5. The summed E-state index contributed by atoms with van der Waals surface area (Å²) in [7, 11) is 0. The first kappa shape index (κ1) is 11.1. The lowest BCUT2D eigenvalue weighted by Crippen LogP contribution is -1.82. The molecule has 0 atom stereocenters. The smallest absolute Gasteiger partial charge is 0.153 e. The molecule has 0 aliphatic rings. The molecule has 0 aliphatic carbocycles. The third-order valence-electron chi connectivity index (χ3n) is 0.894. The minimum absolute atomic E-state index is 0.0605. The summed E-state index contributed by atoms with van der Waals surface area (Å²) in [6.07, 6.45) is 6.71. The Balaban J connectivity index is 4.19. The number of allylic oxidation sites excluding steroid dienone is 5. The fraction of sp³-hybridized carbons (Fsp3) is 0. The molecule has 0 bridgehead atoms. The highest BCUT2D eigenvalue weighted by molar-refractivity contribution is 6.55. The van der Waals surface area contributed by atoms with Crippen LogP contribution < -0.4 is 0 Å². The molecule has 0 heterocycles. The van der Waals surface area contributed by atoms with E-state index in [1.54, 1.807) is 0 Å². The summed E-state index contributed by atoms with van der Waals surface area (Å²) >= 11 is 10.6. The highest BCUT2D eigenvalue weighted by Crippen LogP contribution is 2.05. The first-order valence-corrected chi connectivity index (χ1v) is 3.76. The van der Waals surface area contributed by atoms with Gasteiger partial charge in [0, 0.05) is 0 Å². The van der Waals surface area contributed by atoms with Gasteiger partial charge in [0.15, 0.2) is 12.6 Å². The van der Waals surface area contributed by atoms with Crippen molar-refractivity contribution in [1.82, 2.24) is 0 Å². The van der Waals surface area contributed by atoms with Crippen LogP contribution in [0, 0.1) is 0 Å². The normalized spacial score (nSPS) is 9.17. The Morgan fingerprint density at radius 2 is 1.42 bits per heavy atom. The molecule has 0 amide bonds. The van der Waals surface area contributed by atoms with Gasteiger partial charge in [-0.3, -0.25) is 9.59 Å². The molecule has 0 saturated carbocycles. The number of hydrogen-bond donors (Lipinski definition) is 0. The first-order chi connectivity index (χ1) is 5.70. The molecule has 0 radical (unpaired) electrons. The monoisotopic (exact) mass is 204 g/mol. The predicted molar refractivity (Wildman–Crippen MR) is 49.1 cm³/mol. The van der Waals surface area contributed by atoms with Crippen LogP contribution in [0.4, 0.5) is 0 Å². The van der Waals surface area contributed by atoms with Crippen molar-refractivity contribution in [1.29, 1.82) is 0 Å². The summed E-state index contributed by atoms with van der Waals surface area (Å²) in [5.41, 5.74) is 0.0605. The van der Waals surface area contributed by atoms with E-state index in [-0.39, 0.29) is 10.1 Å². The Bertz CT molecular complexity index is 238. The van der Waals surface area contributed by atoms with E-state index in [0.717, 1.165) is 0 Å². The minimum Gasteiger partial charge on any atom is -0.298 e. The minimum atomic E-state index is 0.0605. The van der Waals surface area contributed by atoms with Crippen LogP contribution >= 0.6 is 23.2 Å². The molecule has 0 aromatic rings. The zero-order valence-corrected chi connectivity index (χ0v) is 7.55. The quantitative estimate of drug-likeness (QED) is 0.232. The SMILES string of the molecule is O=CC(C=O)=C/C=C/C=C(Cl)Cl. The van der Waals surface area contributed by atoms with Crippen LogP contribution in [0.15, 0.2) is 34.4 Å². The second-order valence-electron chi connectivity index (χ2n) is 1.74. The Kier molecular flexibility index (Phi) is 6.34. The number of carbonyl (C=O) groups excluding carboxylic acids is 2. The maximum Gasteiger partial charge on any atom is 0.153 e. The van der Waals surface area contributed by atoms with Gasteiger partial charge in [0.2, 0.25) is 0 Å². The molecular weight excluding hydrogens is 199 g/mol. The van der Waals surface area contributed by atoms with Gasteiger partial charge in [-0.05, 0) is 12.2 Å². The Morgan fingerprint density at radius 3 is 1.83 bits per heavy atom. The van der Waals surface area contributed by atoms with Gasteiger partial charge < -0.3 is 0 Å². The van der Waals surface area contributed by atoms with Crippen molar-refractivity contribution < 1.29 is 9.59 Å². The first-order valence-electron chi connectivity index (χ1n) is 3.00. The van der Waals surface area contributed by atoms with E-state index >= 15 is 0 Å². The molecule has 0 aromatic heterocycles. The lowest BCUT2D eigenvalue weighted by Gasteiger charge is -1.79. The average Bonchev–Trinajstić information content (AvgIpc) is 2.04. The summed E-state index contributed by atoms with van der Waals surface area (Å²) in [6, 6.07) is 0. The maximum atomic E-state index is 10.1. The second-order valence-corrected chi connectivity index (χ2v) is 2.75. The summed E-state index contributed by atoms with van der Waals surface area (Å²) in [5, 5.41) is 0. The maximum absolute atomic E-state index is 10.1. The molecule has 2 nitrogen and oxygen atoms in total. The Labute approximate surface area is 80.2 Å². The Hall–Kier alpha value is -0.860. The zero-order valence-electron chi connectivity index (χ0n) is 6.04. The van der Waals surface area contributed by atoms with Crippen LogP contribution in [0.3, 0.4) is 0 Å². The van der Waals surface area contributed by atoms with E-state index in [0.29, 0.717) is 12.6 Å². The number of rotatable bonds is 4. The molecule has 0 aliphatic heterocycles. The zero-order chi connectivity index (χ0) is 9.40. The molecule has 0 aromatic carbocycles. The van der Waals surface area contributed by atoms with Gasteiger partial charge >= 0.3 is 0 Å². The fourth-order valence-electron chi connectivity index (χ4n) is 0.401. The van der Waals surface area contributed by atoms with E-state index < -0.39 is 0 Å². The molecule has 0 spiro atoms. The fourth-order valence-corrected chi connectivity index (χ4v) is 0.547. The molecule has 0 saturated heterocycles. The molecular formula is C8H6Cl2O2. The van der Waals surface area contributed by atoms with E-state index in [9.17, 15) is 9.59 Å². The largest absolute Gasteiger partial charge is 0.298 e. The van der Waals surface area contributed by atoms with E-state index in [4.69, 9.17) is 23.2 Å². The molecule has 4 heteroatoms. The number of carbonyl (C=O) groups is 2. The van der Waals surface area contributed by atoms with Crippen LogP contribution in [0.2, 0.25) is 0 Å². The number of aldehydes is 2. The van der Waals surface area contributed by atoms with Crippen LogP contribution in [0.5, 0.6) is 0 Å². The van der Waals surface area contributed by atoms with Gasteiger partial charge in [-0.25, -0.2) is 0 Å². The summed E-state index contributed by atoms with van der Waals surface area (Å²) in [5.74, 6) is 0. The topological polar surface area (TPSA) is 34.1 Å². The van der Waals surface area contributed by atoms with Crippen molar-refractivity contribution in [3.05, 3.63) is 34.4 Å². The van der Waals surface area contributed by atoms with Crippen LogP contribution in [-0.4, -0.2) is 12.6 Å². The van der Waals surface area contributed by atoms with Gasteiger partial charge in [-0.15, -0.1) is 0 Å². The van der Waals surface area contributed by atoms with E-state index in [1.165, 1.54) is 24.3 Å². The lowest BCUT2D eigenvalue weighted by molar-refractivity contribution is -0.109.